The molecular weight excluding hydrogens is 293 g/mol. The van der Waals surface area contributed by atoms with Crippen LogP contribution in [0.15, 0.2) is 36.4 Å². The second-order valence-electron chi connectivity index (χ2n) is 4.50. The van der Waals surface area contributed by atoms with Crippen molar-refractivity contribution >= 4 is 40.5 Å². The van der Waals surface area contributed by atoms with Crippen molar-refractivity contribution in [2.45, 2.75) is 19.8 Å². The lowest BCUT2D eigenvalue weighted by Crippen LogP contribution is -2.20. The summed E-state index contributed by atoms with van der Waals surface area (Å²) in [4.78, 5) is 6.41. The van der Waals surface area contributed by atoms with E-state index in [1.807, 2.05) is 30.3 Å². The number of pyridine rings is 1. The molecule has 0 saturated carbocycles. The molecule has 2 aromatic rings. The van der Waals surface area contributed by atoms with Gasteiger partial charge >= 0.3 is 0 Å². The van der Waals surface area contributed by atoms with Crippen LogP contribution in [-0.4, -0.2) is 11.5 Å². The van der Waals surface area contributed by atoms with Gasteiger partial charge in [0.1, 0.15) is 5.82 Å². The van der Waals surface area contributed by atoms with Gasteiger partial charge < -0.3 is 10.6 Å². The van der Waals surface area contributed by atoms with E-state index in [9.17, 15) is 0 Å². The van der Waals surface area contributed by atoms with E-state index in [-0.39, 0.29) is 0 Å². The van der Waals surface area contributed by atoms with E-state index in [4.69, 9.17) is 28.9 Å². The van der Waals surface area contributed by atoms with Crippen molar-refractivity contribution in [1.82, 2.24) is 4.98 Å². The molecule has 106 valence electrons. The molecule has 1 aromatic heterocycles. The fourth-order valence-electron chi connectivity index (χ4n) is 1.94. The number of unbranched alkanes of at least 4 members (excludes halogenated alkanes) is 1. The molecule has 0 aliphatic carbocycles. The standard InChI is InChI=1S/C15H17Cl2N3/c1-2-3-9-20(11-7-5-4-6-8-11)15-13(17)10-12(16)14(18)19-15/h4-8,10H,2-3,9H2,1H3,(H2,18,19). The zero-order chi connectivity index (χ0) is 14.5. The summed E-state index contributed by atoms with van der Waals surface area (Å²) in [6.07, 6.45) is 2.12. The predicted octanol–water partition coefficient (Wildman–Crippen LogP) is 4.91. The molecule has 0 spiro atoms. The minimum absolute atomic E-state index is 0.295. The molecule has 0 radical (unpaired) electrons. The summed E-state index contributed by atoms with van der Waals surface area (Å²) in [5, 5.41) is 0.881. The van der Waals surface area contributed by atoms with E-state index in [0.717, 1.165) is 25.1 Å². The number of anilines is 3. The Morgan fingerprint density at radius 3 is 2.50 bits per heavy atom. The molecule has 0 aliphatic rings. The summed E-state index contributed by atoms with van der Waals surface area (Å²) in [5.41, 5.74) is 6.84. The van der Waals surface area contributed by atoms with Gasteiger partial charge in [-0.3, -0.25) is 0 Å². The molecule has 2 N–H and O–H groups in total. The van der Waals surface area contributed by atoms with E-state index in [0.29, 0.717) is 21.7 Å². The Kier molecular flexibility index (Phi) is 5.10. The minimum Gasteiger partial charge on any atom is -0.382 e. The molecular formula is C15H17Cl2N3. The Morgan fingerprint density at radius 1 is 1.15 bits per heavy atom. The quantitative estimate of drug-likeness (QED) is 0.853. The lowest BCUT2D eigenvalue weighted by atomic mass is 10.2. The molecule has 0 fully saturated rings. The van der Waals surface area contributed by atoms with Crippen molar-refractivity contribution in [2.24, 2.45) is 0 Å². The van der Waals surface area contributed by atoms with E-state index in [2.05, 4.69) is 16.8 Å². The highest BCUT2D eigenvalue weighted by Gasteiger charge is 2.16. The Morgan fingerprint density at radius 2 is 1.85 bits per heavy atom. The molecule has 5 heteroatoms. The van der Waals surface area contributed by atoms with Crippen LogP contribution in [0.1, 0.15) is 19.8 Å². The summed E-state index contributed by atoms with van der Waals surface area (Å²) in [7, 11) is 0. The average molecular weight is 310 g/mol. The first-order valence-corrected chi connectivity index (χ1v) is 7.33. The van der Waals surface area contributed by atoms with Crippen molar-refractivity contribution in [3.05, 3.63) is 46.4 Å². The van der Waals surface area contributed by atoms with Crippen molar-refractivity contribution < 1.29 is 0 Å². The summed E-state index contributed by atoms with van der Waals surface area (Å²) in [5.74, 6) is 0.941. The number of para-hydroxylation sites is 1. The van der Waals surface area contributed by atoms with Crippen LogP contribution in [0.3, 0.4) is 0 Å². The first-order valence-electron chi connectivity index (χ1n) is 6.57. The molecule has 0 saturated heterocycles. The van der Waals surface area contributed by atoms with E-state index >= 15 is 0 Å². The number of nitrogens with zero attached hydrogens (tertiary/aromatic N) is 2. The topological polar surface area (TPSA) is 42.2 Å². The zero-order valence-corrected chi connectivity index (χ0v) is 12.8. The third kappa shape index (κ3) is 3.35. The van der Waals surface area contributed by atoms with Crippen molar-refractivity contribution in [2.75, 3.05) is 17.2 Å². The largest absolute Gasteiger partial charge is 0.382 e. The van der Waals surface area contributed by atoms with Crippen LogP contribution in [-0.2, 0) is 0 Å². The monoisotopic (exact) mass is 309 g/mol. The SMILES string of the molecule is CCCCN(c1ccccc1)c1nc(N)c(Cl)cc1Cl. The van der Waals surface area contributed by atoms with Gasteiger partial charge in [-0.25, -0.2) is 4.98 Å². The van der Waals surface area contributed by atoms with E-state index in [1.54, 1.807) is 6.07 Å². The molecule has 1 heterocycles. The fourth-order valence-corrected chi connectivity index (χ4v) is 2.40. The molecule has 2 rings (SSSR count). The maximum Gasteiger partial charge on any atom is 0.154 e. The lowest BCUT2D eigenvalue weighted by molar-refractivity contribution is 0.780. The van der Waals surface area contributed by atoms with Crippen LogP contribution in [0.2, 0.25) is 10.0 Å². The normalized spacial score (nSPS) is 10.6. The smallest absolute Gasteiger partial charge is 0.154 e. The number of hydrogen-bond donors (Lipinski definition) is 1. The predicted molar refractivity (Wildman–Crippen MR) is 87.0 cm³/mol. The van der Waals surface area contributed by atoms with Crippen molar-refractivity contribution in [1.29, 1.82) is 0 Å². The summed E-state index contributed by atoms with van der Waals surface area (Å²) >= 11 is 12.2. The van der Waals surface area contributed by atoms with Crippen molar-refractivity contribution in [3.63, 3.8) is 0 Å². The molecule has 0 atom stereocenters. The number of halogens is 2. The molecule has 3 nitrogen and oxygen atoms in total. The second-order valence-corrected chi connectivity index (χ2v) is 5.32. The lowest BCUT2D eigenvalue weighted by Gasteiger charge is -2.25. The molecule has 0 unspecified atom stereocenters. The number of nitrogen functional groups attached to an aromatic ring is 1. The Labute approximate surface area is 129 Å². The van der Waals surface area contributed by atoms with Gasteiger partial charge in [-0.05, 0) is 24.6 Å². The maximum absolute atomic E-state index is 6.28. The van der Waals surface area contributed by atoms with Gasteiger partial charge in [0.05, 0.1) is 10.0 Å². The van der Waals surface area contributed by atoms with Crippen LogP contribution in [0.25, 0.3) is 0 Å². The highest BCUT2D eigenvalue weighted by Crippen LogP contribution is 2.34. The summed E-state index contributed by atoms with van der Waals surface area (Å²) in [6.45, 7) is 2.97. The Balaban J connectivity index is 2.44. The van der Waals surface area contributed by atoms with Gasteiger partial charge in [-0.2, -0.15) is 0 Å². The van der Waals surface area contributed by atoms with Crippen LogP contribution >= 0.6 is 23.2 Å². The molecule has 0 aliphatic heterocycles. The van der Waals surface area contributed by atoms with Crippen molar-refractivity contribution in [3.8, 4) is 0 Å². The number of hydrogen-bond acceptors (Lipinski definition) is 3. The summed E-state index contributed by atoms with van der Waals surface area (Å²) in [6, 6.07) is 11.6. The highest BCUT2D eigenvalue weighted by atomic mass is 35.5. The Bertz CT molecular complexity index is 573. The molecule has 1 aromatic carbocycles. The number of rotatable bonds is 5. The van der Waals surface area contributed by atoms with Crippen LogP contribution in [0.4, 0.5) is 17.3 Å². The highest BCUT2D eigenvalue weighted by molar-refractivity contribution is 6.37. The summed E-state index contributed by atoms with van der Waals surface area (Å²) < 4.78 is 0. The Hall–Kier alpha value is -1.45. The zero-order valence-electron chi connectivity index (χ0n) is 11.3. The third-order valence-electron chi connectivity index (χ3n) is 3.00. The van der Waals surface area contributed by atoms with Gasteiger partial charge in [0, 0.05) is 12.2 Å². The van der Waals surface area contributed by atoms with E-state index in [1.165, 1.54) is 0 Å². The van der Waals surface area contributed by atoms with Gasteiger partial charge in [0.25, 0.3) is 0 Å². The number of nitrogens with two attached hydrogens (primary N) is 1. The van der Waals surface area contributed by atoms with Gasteiger partial charge in [0.15, 0.2) is 5.82 Å². The first-order chi connectivity index (χ1) is 9.63. The van der Waals surface area contributed by atoms with Gasteiger partial charge in [-0.1, -0.05) is 54.7 Å². The third-order valence-corrected chi connectivity index (χ3v) is 3.58. The van der Waals surface area contributed by atoms with Crippen LogP contribution in [0, 0.1) is 0 Å². The molecule has 20 heavy (non-hydrogen) atoms. The minimum atomic E-state index is 0.295. The van der Waals surface area contributed by atoms with Crippen LogP contribution < -0.4 is 10.6 Å². The van der Waals surface area contributed by atoms with E-state index < -0.39 is 0 Å². The maximum atomic E-state index is 6.28. The number of benzene rings is 1. The second kappa shape index (κ2) is 6.82. The van der Waals surface area contributed by atoms with Crippen LogP contribution in [0.5, 0.6) is 0 Å². The average Bonchev–Trinajstić information content (AvgIpc) is 2.45. The number of aromatic nitrogens is 1. The van der Waals surface area contributed by atoms with Gasteiger partial charge in [0.2, 0.25) is 0 Å². The molecule has 0 amide bonds. The van der Waals surface area contributed by atoms with Gasteiger partial charge in [-0.15, -0.1) is 0 Å². The fraction of sp³-hybridized carbons (Fsp3) is 0.267. The molecule has 0 bridgehead atoms. The first kappa shape index (κ1) is 14.9.